The lowest BCUT2D eigenvalue weighted by atomic mass is 9.66. The fourth-order valence-electron chi connectivity index (χ4n) is 4.99. The third-order valence-corrected chi connectivity index (χ3v) is 6.33. The topological polar surface area (TPSA) is 52.7 Å². The molecule has 0 aromatic carbocycles. The predicted molar refractivity (Wildman–Crippen MR) is 90.1 cm³/mol. The standard InChI is InChI=1S/C18H31N3O2/c1-19-17(23)21-13-15(18(14-21)9-3-2-4-10-18)7-8-16(22)20-11-5-6-12-20/h15H,2-14H2,1H3,(H,19,23). The van der Waals surface area contributed by atoms with Gasteiger partial charge < -0.3 is 15.1 Å². The smallest absolute Gasteiger partial charge is 0.317 e. The summed E-state index contributed by atoms with van der Waals surface area (Å²) < 4.78 is 0. The summed E-state index contributed by atoms with van der Waals surface area (Å²) in [6.45, 7) is 3.60. The van der Waals surface area contributed by atoms with E-state index in [-0.39, 0.29) is 11.4 Å². The average molecular weight is 321 g/mol. The Balaban J connectivity index is 1.62. The SMILES string of the molecule is CNC(=O)N1CC(CCC(=O)N2CCCC2)C2(CCCCC2)C1. The van der Waals surface area contributed by atoms with E-state index < -0.39 is 0 Å². The van der Waals surface area contributed by atoms with E-state index in [1.54, 1.807) is 7.05 Å². The molecule has 2 saturated heterocycles. The second kappa shape index (κ2) is 7.10. The number of likely N-dealkylation sites (tertiary alicyclic amines) is 2. The molecule has 1 saturated carbocycles. The molecule has 5 nitrogen and oxygen atoms in total. The summed E-state index contributed by atoms with van der Waals surface area (Å²) in [5.74, 6) is 0.818. The van der Waals surface area contributed by atoms with Gasteiger partial charge in [-0.05, 0) is 43.4 Å². The minimum atomic E-state index is 0.0447. The van der Waals surface area contributed by atoms with Crippen LogP contribution in [0, 0.1) is 11.3 Å². The third kappa shape index (κ3) is 3.48. The molecule has 3 fully saturated rings. The Morgan fingerprint density at radius 2 is 1.74 bits per heavy atom. The van der Waals surface area contributed by atoms with E-state index in [9.17, 15) is 9.59 Å². The summed E-state index contributed by atoms with van der Waals surface area (Å²) >= 11 is 0. The van der Waals surface area contributed by atoms with Crippen molar-refractivity contribution in [2.75, 3.05) is 33.2 Å². The Bertz CT molecular complexity index is 440. The van der Waals surface area contributed by atoms with Gasteiger partial charge in [-0.2, -0.15) is 0 Å². The van der Waals surface area contributed by atoms with Gasteiger partial charge in [-0.3, -0.25) is 4.79 Å². The minimum absolute atomic E-state index is 0.0447. The predicted octanol–water partition coefficient (Wildman–Crippen LogP) is 2.61. The van der Waals surface area contributed by atoms with Crippen LogP contribution in [0.5, 0.6) is 0 Å². The van der Waals surface area contributed by atoms with Crippen LogP contribution in [-0.4, -0.2) is 55.0 Å². The van der Waals surface area contributed by atoms with Crippen molar-refractivity contribution in [2.45, 2.75) is 57.8 Å². The lowest BCUT2D eigenvalue weighted by Gasteiger charge is -2.38. The van der Waals surface area contributed by atoms with Gasteiger partial charge in [0.1, 0.15) is 0 Å². The van der Waals surface area contributed by atoms with Crippen LogP contribution in [0.4, 0.5) is 4.79 Å². The highest BCUT2D eigenvalue weighted by Crippen LogP contribution is 2.49. The number of rotatable bonds is 3. The van der Waals surface area contributed by atoms with Crippen molar-refractivity contribution in [1.82, 2.24) is 15.1 Å². The largest absolute Gasteiger partial charge is 0.343 e. The zero-order chi connectivity index (χ0) is 16.3. The van der Waals surface area contributed by atoms with Gasteiger partial charge in [0, 0.05) is 39.6 Å². The maximum Gasteiger partial charge on any atom is 0.317 e. The Hall–Kier alpha value is -1.26. The number of carbonyl (C=O) groups is 2. The van der Waals surface area contributed by atoms with Crippen molar-refractivity contribution < 1.29 is 9.59 Å². The van der Waals surface area contributed by atoms with E-state index in [0.717, 1.165) is 45.4 Å². The molecule has 130 valence electrons. The molecular formula is C18H31N3O2. The van der Waals surface area contributed by atoms with Crippen LogP contribution in [0.25, 0.3) is 0 Å². The zero-order valence-corrected chi connectivity index (χ0v) is 14.5. The van der Waals surface area contributed by atoms with E-state index in [2.05, 4.69) is 5.32 Å². The fraction of sp³-hybridized carbons (Fsp3) is 0.889. The Labute approximate surface area is 139 Å². The van der Waals surface area contributed by atoms with Crippen LogP contribution in [0.1, 0.15) is 57.8 Å². The first-order valence-electron chi connectivity index (χ1n) is 9.39. The first-order valence-corrected chi connectivity index (χ1v) is 9.39. The lowest BCUT2D eigenvalue weighted by Crippen LogP contribution is -2.38. The molecule has 1 spiro atoms. The van der Waals surface area contributed by atoms with Crippen molar-refractivity contribution in [3.8, 4) is 0 Å². The summed E-state index contributed by atoms with van der Waals surface area (Å²) in [5, 5.41) is 2.77. The molecule has 23 heavy (non-hydrogen) atoms. The molecule has 2 heterocycles. The lowest BCUT2D eigenvalue weighted by molar-refractivity contribution is -0.130. The van der Waals surface area contributed by atoms with Crippen molar-refractivity contribution in [3.05, 3.63) is 0 Å². The van der Waals surface area contributed by atoms with Crippen molar-refractivity contribution in [1.29, 1.82) is 0 Å². The Morgan fingerprint density at radius 3 is 2.39 bits per heavy atom. The molecule has 1 N–H and O–H groups in total. The molecule has 0 aromatic heterocycles. The zero-order valence-electron chi connectivity index (χ0n) is 14.5. The van der Waals surface area contributed by atoms with Gasteiger partial charge in [-0.25, -0.2) is 4.79 Å². The maximum atomic E-state index is 12.4. The molecule has 0 aromatic rings. The molecule has 1 aliphatic carbocycles. The van der Waals surface area contributed by atoms with Gasteiger partial charge in [0.05, 0.1) is 0 Å². The Kier molecular flexibility index (Phi) is 5.12. The first kappa shape index (κ1) is 16.6. The second-order valence-electron chi connectivity index (χ2n) is 7.68. The molecule has 3 amide bonds. The number of hydrogen-bond acceptors (Lipinski definition) is 2. The van der Waals surface area contributed by atoms with Gasteiger partial charge in [-0.15, -0.1) is 0 Å². The molecule has 1 unspecified atom stereocenters. The molecule has 0 radical (unpaired) electrons. The molecular weight excluding hydrogens is 290 g/mol. The number of nitrogens with zero attached hydrogens (tertiary/aromatic N) is 2. The van der Waals surface area contributed by atoms with E-state index >= 15 is 0 Å². The minimum Gasteiger partial charge on any atom is -0.343 e. The van der Waals surface area contributed by atoms with Crippen LogP contribution >= 0.6 is 0 Å². The number of nitrogens with one attached hydrogen (secondary N) is 1. The monoisotopic (exact) mass is 321 g/mol. The summed E-state index contributed by atoms with van der Waals surface area (Å²) in [6.07, 6.45) is 10.2. The van der Waals surface area contributed by atoms with Gasteiger partial charge in [0.25, 0.3) is 0 Å². The Morgan fingerprint density at radius 1 is 1.04 bits per heavy atom. The number of urea groups is 1. The normalized spacial score (nSPS) is 26.7. The highest BCUT2D eigenvalue weighted by molar-refractivity contribution is 5.76. The fourth-order valence-corrected chi connectivity index (χ4v) is 4.99. The van der Waals surface area contributed by atoms with E-state index in [1.807, 2.05) is 9.80 Å². The average Bonchev–Trinajstić information content (AvgIpc) is 3.22. The quantitative estimate of drug-likeness (QED) is 0.869. The molecule has 2 aliphatic heterocycles. The number of amides is 3. The van der Waals surface area contributed by atoms with Crippen molar-refractivity contribution in [3.63, 3.8) is 0 Å². The van der Waals surface area contributed by atoms with Crippen LogP contribution < -0.4 is 5.32 Å². The molecule has 1 atom stereocenters. The van der Waals surface area contributed by atoms with Crippen LogP contribution in [0.2, 0.25) is 0 Å². The van der Waals surface area contributed by atoms with Gasteiger partial charge >= 0.3 is 6.03 Å². The molecule has 3 aliphatic rings. The first-order chi connectivity index (χ1) is 11.1. The summed E-state index contributed by atoms with van der Waals surface area (Å²) in [5.41, 5.74) is 0.274. The van der Waals surface area contributed by atoms with Crippen LogP contribution in [-0.2, 0) is 4.79 Å². The summed E-state index contributed by atoms with van der Waals surface area (Å²) in [7, 11) is 1.71. The second-order valence-corrected chi connectivity index (χ2v) is 7.68. The number of hydrogen-bond donors (Lipinski definition) is 1. The maximum absolute atomic E-state index is 12.4. The number of carbonyl (C=O) groups excluding carboxylic acids is 2. The molecule has 0 bridgehead atoms. The van der Waals surface area contributed by atoms with Gasteiger partial charge in [0.2, 0.25) is 5.91 Å². The van der Waals surface area contributed by atoms with E-state index in [1.165, 1.54) is 32.1 Å². The third-order valence-electron chi connectivity index (χ3n) is 6.33. The molecule has 3 rings (SSSR count). The van der Waals surface area contributed by atoms with Crippen LogP contribution in [0.15, 0.2) is 0 Å². The summed E-state index contributed by atoms with van der Waals surface area (Å²) in [6, 6.07) is 0.0447. The molecule has 5 heteroatoms. The van der Waals surface area contributed by atoms with Crippen LogP contribution in [0.3, 0.4) is 0 Å². The van der Waals surface area contributed by atoms with E-state index in [4.69, 9.17) is 0 Å². The highest BCUT2D eigenvalue weighted by Gasteiger charge is 2.47. The van der Waals surface area contributed by atoms with Crippen molar-refractivity contribution >= 4 is 11.9 Å². The van der Waals surface area contributed by atoms with Crippen molar-refractivity contribution in [2.24, 2.45) is 11.3 Å². The van der Waals surface area contributed by atoms with Gasteiger partial charge in [-0.1, -0.05) is 19.3 Å². The summed E-state index contributed by atoms with van der Waals surface area (Å²) in [4.78, 5) is 28.5. The highest BCUT2D eigenvalue weighted by atomic mass is 16.2. The van der Waals surface area contributed by atoms with E-state index in [0.29, 0.717) is 18.2 Å². The van der Waals surface area contributed by atoms with Gasteiger partial charge in [0.15, 0.2) is 0 Å².